The van der Waals surface area contributed by atoms with E-state index in [0.29, 0.717) is 5.75 Å². The molecule has 2 aromatic carbocycles. The van der Waals surface area contributed by atoms with Crippen molar-refractivity contribution in [2.75, 3.05) is 5.32 Å². The predicted molar refractivity (Wildman–Crippen MR) is 79.2 cm³/mol. The molecule has 0 aromatic heterocycles. The fourth-order valence-corrected chi connectivity index (χ4v) is 1.89. The molecule has 2 rings (SSSR count). The quantitative estimate of drug-likeness (QED) is 0.812. The van der Waals surface area contributed by atoms with Crippen molar-refractivity contribution in [3.8, 4) is 5.75 Å². The summed E-state index contributed by atoms with van der Waals surface area (Å²) in [5, 5.41) is 2.15. The molecule has 116 valence electrons. The molecule has 2 aromatic rings. The van der Waals surface area contributed by atoms with Crippen molar-refractivity contribution in [2.24, 2.45) is 0 Å². The number of carbonyl (C=O) groups is 1. The Morgan fingerprint density at radius 2 is 1.73 bits per heavy atom. The van der Waals surface area contributed by atoms with Crippen LogP contribution in [0.1, 0.15) is 6.92 Å². The summed E-state index contributed by atoms with van der Waals surface area (Å²) in [7, 11) is 0. The van der Waals surface area contributed by atoms with Crippen molar-refractivity contribution >= 4 is 27.5 Å². The summed E-state index contributed by atoms with van der Waals surface area (Å²) < 4.78 is 45.6. The standard InChI is InChI=1S/C15H11BrF3NO2/c1-8(22-10-4-2-9(16)3-5-10)15(21)20-12-7-6-11(17)13(18)14(12)19/h2-8H,1H3,(H,20,21)/t8-/m1/s1. The van der Waals surface area contributed by atoms with Crippen LogP contribution in [-0.4, -0.2) is 12.0 Å². The Kier molecular flexibility index (Phi) is 5.07. The average molecular weight is 374 g/mol. The summed E-state index contributed by atoms with van der Waals surface area (Å²) in [4.78, 5) is 11.9. The molecule has 1 atom stereocenters. The molecule has 0 saturated carbocycles. The molecule has 0 heterocycles. The van der Waals surface area contributed by atoms with Crippen LogP contribution in [0.5, 0.6) is 5.75 Å². The molecular weight excluding hydrogens is 363 g/mol. The Balaban J connectivity index is 2.05. The lowest BCUT2D eigenvalue weighted by Crippen LogP contribution is -2.30. The number of nitrogens with one attached hydrogen (secondary N) is 1. The molecule has 0 aliphatic heterocycles. The lowest BCUT2D eigenvalue weighted by Gasteiger charge is -2.15. The molecule has 0 saturated heterocycles. The number of hydrogen-bond acceptors (Lipinski definition) is 2. The largest absolute Gasteiger partial charge is 0.481 e. The number of carbonyl (C=O) groups excluding carboxylic acids is 1. The second-order valence-electron chi connectivity index (χ2n) is 4.43. The molecule has 1 amide bonds. The maximum absolute atomic E-state index is 13.5. The summed E-state index contributed by atoms with van der Waals surface area (Å²) in [6.45, 7) is 1.45. The zero-order valence-corrected chi connectivity index (χ0v) is 13.0. The Bertz CT molecular complexity index is 692. The Labute approximate surface area is 133 Å². The fourth-order valence-electron chi connectivity index (χ4n) is 1.63. The van der Waals surface area contributed by atoms with Gasteiger partial charge in [-0.3, -0.25) is 4.79 Å². The normalized spacial score (nSPS) is 11.9. The molecule has 7 heteroatoms. The van der Waals surface area contributed by atoms with Gasteiger partial charge >= 0.3 is 0 Å². The third-order valence-electron chi connectivity index (χ3n) is 2.79. The number of benzene rings is 2. The Morgan fingerprint density at radius 3 is 2.36 bits per heavy atom. The van der Waals surface area contributed by atoms with E-state index < -0.39 is 35.2 Å². The number of halogens is 4. The van der Waals surface area contributed by atoms with E-state index in [1.807, 2.05) is 0 Å². The first-order valence-corrected chi connectivity index (χ1v) is 7.04. The van der Waals surface area contributed by atoms with Crippen molar-refractivity contribution in [1.82, 2.24) is 0 Å². The third kappa shape index (κ3) is 3.79. The van der Waals surface area contributed by atoms with Gasteiger partial charge in [-0.2, -0.15) is 0 Å². The van der Waals surface area contributed by atoms with E-state index in [0.717, 1.165) is 16.6 Å². The Hall–Kier alpha value is -2.02. The molecule has 0 unspecified atom stereocenters. The highest BCUT2D eigenvalue weighted by atomic mass is 79.9. The summed E-state index contributed by atoms with van der Waals surface area (Å²) in [6.07, 6.45) is -0.950. The fraction of sp³-hybridized carbons (Fsp3) is 0.133. The molecule has 22 heavy (non-hydrogen) atoms. The van der Waals surface area contributed by atoms with Gasteiger partial charge in [0.15, 0.2) is 23.6 Å². The first kappa shape index (κ1) is 16.4. The van der Waals surface area contributed by atoms with Crippen LogP contribution in [0.4, 0.5) is 18.9 Å². The van der Waals surface area contributed by atoms with Crippen LogP contribution in [0.3, 0.4) is 0 Å². The highest BCUT2D eigenvalue weighted by Gasteiger charge is 2.19. The van der Waals surface area contributed by atoms with Crippen LogP contribution in [0.2, 0.25) is 0 Å². The van der Waals surface area contributed by atoms with Crippen molar-refractivity contribution in [2.45, 2.75) is 13.0 Å². The van der Waals surface area contributed by atoms with Gasteiger partial charge in [0.25, 0.3) is 5.91 Å². The van der Waals surface area contributed by atoms with Gasteiger partial charge in [0.05, 0.1) is 5.69 Å². The maximum Gasteiger partial charge on any atom is 0.265 e. The summed E-state index contributed by atoms with van der Waals surface area (Å²) >= 11 is 3.26. The van der Waals surface area contributed by atoms with E-state index in [9.17, 15) is 18.0 Å². The number of amides is 1. The van der Waals surface area contributed by atoms with Gasteiger partial charge in [0.2, 0.25) is 0 Å². The minimum atomic E-state index is -1.64. The van der Waals surface area contributed by atoms with Crippen LogP contribution in [0.25, 0.3) is 0 Å². The molecular formula is C15H11BrF3NO2. The highest BCUT2D eigenvalue weighted by molar-refractivity contribution is 9.10. The van der Waals surface area contributed by atoms with Crippen LogP contribution in [0, 0.1) is 17.5 Å². The van der Waals surface area contributed by atoms with Gasteiger partial charge in [-0.25, -0.2) is 13.2 Å². The van der Waals surface area contributed by atoms with E-state index in [4.69, 9.17) is 4.74 Å². The van der Waals surface area contributed by atoms with Crippen molar-refractivity contribution in [1.29, 1.82) is 0 Å². The molecule has 0 radical (unpaired) electrons. The van der Waals surface area contributed by atoms with Gasteiger partial charge in [-0.15, -0.1) is 0 Å². The zero-order chi connectivity index (χ0) is 16.3. The van der Waals surface area contributed by atoms with Gasteiger partial charge in [0.1, 0.15) is 5.75 Å². The minimum Gasteiger partial charge on any atom is -0.481 e. The lowest BCUT2D eigenvalue weighted by molar-refractivity contribution is -0.122. The molecule has 1 N–H and O–H groups in total. The lowest BCUT2D eigenvalue weighted by atomic mass is 10.2. The van der Waals surface area contributed by atoms with Crippen molar-refractivity contribution < 1.29 is 22.7 Å². The first-order valence-electron chi connectivity index (χ1n) is 6.25. The second kappa shape index (κ2) is 6.83. The van der Waals surface area contributed by atoms with E-state index in [2.05, 4.69) is 21.2 Å². The van der Waals surface area contributed by atoms with Crippen molar-refractivity contribution in [3.05, 3.63) is 58.3 Å². The monoisotopic (exact) mass is 373 g/mol. The van der Waals surface area contributed by atoms with Gasteiger partial charge in [-0.1, -0.05) is 15.9 Å². The molecule has 0 aliphatic carbocycles. The van der Waals surface area contributed by atoms with Crippen molar-refractivity contribution in [3.63, 3.8) is 0 Å². The number of anilines is 1. The van der Waals surface area contributed by atoms with E-state index in [1.165, 1.54) is 6.92 Å². The predicted octanol–water partition coefficient (Wildman–Crippen LogP) is 4.27. The van der Waals surface area contributed by atoms with E-state index in [1.54, 1.807) is 24.3 Å². The Morgan fingerprint density at radius 1 is 1.09 bits per heavy atom. The third-order valence-corrected chi connectivity index (χ3v) is 3.32. The smallest absolute Gasteiger partial charge is 0.265 e. The van der Waals surface area contributed by atoms with Gasteiger partial charge < -0.3 is 10.1 Å². The molecule has 0 bridgehead atoms. The zero-order valence-electron chi connectivity index (χ0n) is 11.4. The summed E-state index contributed by atoms with van der Waals surface area (Å²) in [6, 6.07) is 8.42. The topological polar surface area (TPSA) is 38.3 Å². The van der Waals surface area contributed by atoms with Crippen LogP contribution in [-0.2, 0) is 4.79 Å². The minimum absolute atomic E-state index is 0.441. The van der Waals surface area contributed by atoms with Crippen LogP contribution >= 0.6 is 15.9 Å². The number of rotatable bonds is 4. The highest BCUT2D eigenvalue weighted by Crippen LogP contribution is 2.21. The maximum atomic E-state index is 13.5. The molecule has 3 nitrogen and oxygen atoms in total. The molecule has 0 fully saturated rings. The number of hydrogen-bond donors (Lipinski definition) is 1. The number of ether oxygens (including phenoxy) is 1. The van der Waals surface area contributed by atoms with E-state index in [-0.39, 0.29) is 0 Å². The van der Waals surface area contributed by atoms with Gasteiger partial charge in [-0.05, 0) is 43.3 Å². The average Bonchev–Trinajstić information content (AvgIpc) is 2.50. The molecule has 0 aliphatic rings. The second-order valence-corrected chi connectivity index (χ2v) is 5.34. The first-order chi connectivity index (χ1) is 10.4. The SMILES string of the molecule is C[C@@H](Oc1ccc(Br)cc1)C(=O)Nc1ccc(F)c(F)c1F. The van der Waals surface area contributed by atoms with Crippen LogP contribution in [0.15, 0.2) is 40.9 Å². The summed E-state index contributed by atoms with van der Waals surface area (Å²) in [5.41, 5.74) is -0.449. The van der Waals surface area contributed by atoms with E-state index >= 15 is 0 Å². The van der Waals surface area contributed by atoms with Gasteiger partial charge in [0, 0.05) is 4.47 Å². The molecule has 0 spiro atoms. The summed E-state index contributed by atoms with van der Waals surface area (Å²) in [5.74, 6) is -4.66. The van der Waals surface area contributed by atoms with Crippen LogP contribution < -0.4 is 10.1 Å².